The highest BCUT2D eigenvalue weighted by molar-refractivity contribution is 5.77. The number of carbonyl (C=O) groups is 2. The summed E-state index contributed by atoms with van der Waals surface area (Å²) in [4.78, 5) is 31.3. The van der Waals surface area contributed by atoms with E-state index in [4.69, 9.17) is 9.57 Å². The topological polar surface area (TPSA) is 79.9 Å². The summed E-state index contributed by atoms with van der Waals surface area (Å²) in [6.07, 6.45) is -0.118. The molecule has 1 atom stereocenters. The number of hydrogen-bond donors (Lipinski definition) is 2. The van der Waals surface area contributed by atoms with E-state index in [0.717, 1.165) is 18.7 Å². The summed E-state index contributed by atoms with van der Waals surface area (Å²) in [5.74, 6) is -0.454. The SMILES string of the molecule is CC(C)(C)OC(=O)[C@H](Cc1ccccc1)NOC(=O)N1CCNCC1. The van der Waals surface area contributed by atoms with E-state index in [-0.39, 0.29) is 0 Å². The summed E-state index contributed by atoms with van der Waals surface area (Å²) in [7, 11) is 0. The van der Waals surface area contributed by atoms with Gasteiger partial charge in [-0.15, -0.1) is 5.48 Å². The number of rotatable bonds is 5. The van der Waals surface area contributed by atoms with Crippen LogP contribution in [0.3, 0.4) is 0 Å². The van der Waals surface area contributed by atoms with Crippen molar-refractivity contribution in [3.8, 4) is 0 Å². The molecule has 1 aliphatic heterocycles. The van der Waals surface area contributed by atoms with Crippen LogP contribution in [0.5, 0.6) is 0 Å². The van der Waals surface area contributed by atoms with Gasteiger partial charge in [0, 0.05) is 32.6 Å². The Bertz CT molecular complexity index is 565. The van der Waals surface area contributed by atoms with Crippen molar-refractivity contribution < 1.29 is 19.2 Å². The minimum Gasteiger partial charge on any atom is -0.459 e. The summed E-state index contributed by atoms with van der Waals surface area (Å²) in [5, 5.41) is 3.17. The summed E-state index contributed by atoms with van der Waals surface area (Å²) in [6.45, 7) is 8.03. The molecule has 2 rings (SSSR count). The Morgan fingerprint density at radius 2 is 1.84 bits per heavy atom. The molecule has 1 amide bonds. The minimum absolute atomic E-state index is 0.366. The van der Waals surface area contributed by atoms with Crippen molar-refractivity contribution in [2.45, 2.75) is 38.8 Å². The van der Waals surface area contributed by atoms with Crippen molar-refractivity contribution in [1.82, 2.24) is 15.7 Å². The van der Waals surface area contributed by atoms with Gasteiger partial charge in [-0.3, -0.25) is 4.79 Å². The fourth-order valence-corrected chi connectivity index (χ4v) is 2.43. The zero-order valence-corrected chi connectivity index (χ0v) is 15.1. The van der Waals surface area contributed by atoms with Crippen molar-refractivity contribution in [3.05, 3.63) is 35.9 Å². The van der Waals surface area contributed by atoms with Crippen molar-refractivity contribution >= 4 is 12.1 Å². The lowest BCUT2D eigenvalue weighted by atomic mass is 10.1. The quantitative estimate of drug-likeness (QED) is 0.619. The Morgan fingerprint density at radius 3 is 2.44 bits per heavy atom. The van der Waals surface area contributed by atoms with Gasteiger partial charge in [-0.2, -0.15) is 0 Å². The van der Waals surface area contributed by atoms with Gasteiger partial charge in [0.1, 0.15) is 11.6 Å². The highest BCUT2D eigenvalue weighted by atomic mass is 16.7. The molecule has 0 radical (unpaired) electrons. The lowest BCUT2D eigenvalue weighted by Gasteiger charge is -2.28. The third-order valence-electron chi connectivity index (χ3n) is 3.64. The molecule has 1 aliphatic rings. The predicted octanol–water partition coefficient (Wildman–Crippen LogP) is 1.49. The van der Waals surface area contributed by atoms with Crippen LogP contribution >= 0.6 is 0 Å². The molecule has 1 aromatic carbocycles. The Morgan fingerprint density at radius 1 is 1.20 bits per heavy atom. The maximum absolute atomic E-state index is 12.5. The second kappa shape index (κ2) is 8.82. The summed E-state index contributed by atoms with van der Waals surface area (Å²) in [6, 6.07) is 8.76. The molecule has 7 nitrogen and oxygen atoms in total. The van der Waals surface area contributed by atoms with Crippen LogP contribution in [0, 0.1) is 0 Å². The zero-order valence-electron chi connectivity index (χ0n) is 15.1. The highest BCUT2D eigenvalue weighted by Gasteiger charge is 2.28. The molecule has 1 heterocycles. The lowest BCUT2D eigenvalue weighted by Crippen LogP contribution is -2.50. The van der Waals surface area contributed by atoms with Crippen LogP contribution in [0.2, 0.25) is 0 Å². The second-order valence-corrected chi connectivity index (χ2v) is 7.00. The van der Waals surface area contributed by atoms with Crippen molar-refractivity contribution in [1.29, 1.82) is 0 Å². The fourth-order valence-electron chi connectivity index (χ4n) is 2.43. The van der Waals surface area contributed by atoms with Gasteiger partial charge in [0.25, 0.3) is 0 Å². The van der Waals surface area contributed by atoms with E-state index in [1.807, 2.05) is 30.3 Å². The smallest absolute Gasteiger partial charge is 0.428 e. The molecule has 0 aliphatic carbocycles. The summed E-state index contributed by atoms with van der Waals surface area (Å²) in [5.41, 5.74) is 2.93. The molecule has 0 unspecified atom stereocenters. The number of hydrogen-bond acceptors (Lipinski definition) is 6. The first-order chi connectivity index (χ1) is 11.8. The van der Waals surface area contributed by atoms with Gasteiger partial charge in [-0.1, -0.05) is 30.3 Å². The number of benzene rings is 1. The van der Waals surface area contributed by atoms with E-state index >= 15 is 0 Å². The molecule has 0 saturated carbocycles. The Labute approximate surface area is 148 Å². The average Bonchev–Trinajstić information content (AvgIpc) is 2.58. The van der Waals surface area contributed by atoms with Crippen molar-refractivity contribution in [2.75, 3.05) is 26.2 Å². The van der Waals surface area contributed by atoms with Gasteiger partial charge in [0.05, 0.1) is 0 Å². The third-order valence-corrected chi connectivity index (χ3v) is 3.64. The summed E-state index contributed by atoms with van der Waals surface area (Å²) < 4.78 is 5.43. The third kappa shape index (κ3) is 6.72. The van der Waals surface area contributed by atoms with Gasteiger partial charge < -0.3 is 19.8 Å². The molecule has 2 N–H and O–H groups in total. The van der Waals surface area contributed by atoms with E-state index in [1.165, 1.54) is 0 Å². The highest BCUT2D eigenvalue weighted by Crippen LogP contribution is 2.12. The maximum Gasteiger partial charge on any atom is 0.428 e. The first-order valence-electron chi connectivity index (χ1n) is 8.54. The van der Waals surface area contributed by atoms with Gasteiger partial charge in [0.2, 0.25) is 0 Å². The van der Waals surface area contributed by atoms with Gasteiger partial charge in [-0.25, -0.2) is 4.79 Å². The van der Waals surface area contributed by atoms with Crippen LogP contribution in [0.25, 0.3) is 0 Å². The maximum atomic E-state index is 12.5. The number of ether oxygens (including phenoxy) is 1. The predicted molar refractivity (Wildman–Crippen MR) is 93.8 cm³/mol. The number of piperazine rings is 1. The molecule has 138 valence electrons. The first kappa shape index (κ1) is 19.2. The molecule has 1 aromatic rings. The molecule has 25 heavy (non-hydrogen) atoms. The van der Waals surface area contributed by atoms with Crippen LogP contribution in [-0.4, -0.2) is 54.8 Å². The van der Waals surface area contributed by atoms with Crippen LogP contribution in [0.15, 0.2) is 30.3 Å². The Balaban J connectivity index is 1.97. The monoisotopic (exact) mass is 349 g/mol. The largest absolute Gasteiger partial charge is 0.459 e. The normalized spacial score (nSPS) is 16.2. The van der Waals surface area contributed by atoms with Crippen LogP contribution in [0.4, 0.5) is 4.79 Å². The number of esters is 1. The first-order valence-corrected chi connectivity index (χ1v) is 8.54. The van der Waals surface area contributed by atoms with Crippen molar-refractivity contribution in [2.24, 2.45) is 0 Å². The molecule has 1 saturated heterocycles. The lowest BCUT2D eigenvalue weighted by molar-refractivity contribution is -0.160. The number of nitrogens with one attached hydrogen (secondary N) is 2. The Hall–Kier alpha value is -2.12. The van der Waals surface area contributed by atoms with Crippen LogP contribution < -0.4 is 10.8 Å². The number of carbonyl (C=O) groups excluding carboxylic acids is 2. The fraction of sp³-hybridized carbons (Fsp3) is 0.556. The standard InChI is InChI=1S/C18H27N3O4/c1-18(2,3)24-16(22)15(13-14-7-5-4-6-8-14)20-25-17(23)21-11-9-19-10-12-21/h4-8,15,19-20H,9-13H2,1-3H3/t15-/m0/s1. The van der Waals surface area contributed by atoms with E-state index in [2.05, 4.69) is 10.8 Å². The minimum atomic E-state index is -0.770. The van der Waals surface area contributed by atoms with Crippen LogP contribution in [-0.2, 0) is 20.8 Å². The summed E-state index contributed by atoms with van der Waals surface area (Å²) >= 11 is 0. The second-order valence-electron chi connectivity index (χ2n) is 7.00. The molecular formula is C18H27N3O4. The molecule has 1 fully saturated rings. The molecule has 7 heteroatoms. The number of hydroxylamine groups is 1. The Kier molecular flexibility index (Phi) is 6.78. The molecular weight excluding hydrogens is 322 g/mol. The zero-order chi connectivity index (χ0) is 18.3. The van der Waals surface area contributed by atoms with Gasteiger partial charge >= 0.3 is 12.1 Å². The molecule has 0 spiro atoms. The van der Waals surface area contributed by atoms with Crippen LogP contribution in [0.1, 0.15) is 26.3 Å². The molecule has 0 bridgehead atoms. The van der Waals surface area contributed by atoms with E-state index < -0.39 is 23.7 Å². The van der Waals surface area contributed by atoms with E-state index in [0.29, 0.717) is 19.5 Å². The number of amides is 1. The average molecular weight is 349 g/mol. The number of nitrogens with zero attached hydrogens (tertiary/aromatic N) is 1. The van der Waals surface area contributed by atoms with E-state index in [1.54, 1.807) is 25.7 Å². The molecule has 0 aromatic heterocycles. The van der Waals surface area contributed by atoms with Crippen molar-refractivity contribution in [3.63, 3.8) is 0 Å². The van der Waals surface area contributed by atoms with Gasteiger partial charge in [-0.05, 0) is 26.3 Å². The van der Waals surface area contributed by atoms with Gasteiger partial charge in [0.15, 0.2) is 0 Å². The van der Waals surface area contributed by atoms with E-state index in [9.17, 15) is 9.59 Å².